The summed E-state index contributed by atoms with van der Waals surface area (Å²) in [5.74, 6) is -0.468. The molecule has 3 aromatic rings. The molecule has 0 saturated carbocycles. The number of ether oxygens (including phenoxy) is 1. The predicted molar refractivity (Wildman–Crippen MR) is 139 cm³/mol. The van der Waals surface area contributed by atoms with Crippen molar-refractivity contribution in [3.05, 3.63) is 46.8 Å². The fraction of sp³-hybridized carbons (Fsp3) is 0.423. The van der Waals surface area contributed by atoms with E-state index >= 15 is 0 Å². The molecule has 2 aromatic heterocycles. The molecule has 5 rings (SSSR count). The summed E-state index contributed by atoms with van der Waals surface area (Å²) in [4.78, 5) is 36.4. The summed E-state index contributed by atoms with van der Waals surface area (Å²) in [6.45, 7) is 1.96. The summed E-state index contributed by atoms with van der Waals surface area (Å²) < 4.78 is 8.91. The standard InChI is InChI=1S/C26H30AsN6O4/c1-32-11-9-17(10-12-32)29-24(34)15-7-8-19(20(13-15)37-3)27-26-28-14-16-5-4-6-18-22(25(35)36)31-33(2)23(18)21(16)30-26/h7-8,13-14,17H,4-6,9-12H2,1-3H3,(H,29,34)(H,35,36). The minimum absolute atomic E-state index is 0.0881. The number of carboxylic acid groups (broad SMARTS) is 1. The normalized spacial score (nSPS) is 16.3. The third-order valence-corrected chi connectivity index (χ3v) is 9.17. The molecule has 11 heteroatoms. The maximum atomic E-state index is 12.9. The number of likely N-dealkylation sites (tertiary alicyclic amines) is 1. The Bertz CT molecular complexity index is 1350. The van der Waals surface area contributed by atoms with Crippen LogP contribution in [0.1, 0.15) is 51.2 Å². The zero-order valence-electron chi connectivity index (χ0n) is 21.2. The van der Waals surface area contributed by atoms with Gasteiger partial charge in [-0.05, 0) is 0 Å². The number of carboxylic acids is 1. The molecule has 0 unspecified atom stereocenters. The number of carbonyl (C=O) groups is 2. The van der Waals surface area contributed by atoms with Crippen LogP contribution in [-0.2, 0) is 19.9 Å². The average molecular weight is 565 g/mol. The number of methoxy groups -OCH3 is 1. The average Bonchev–Trinajstić information content (AvgIpc) is 3.10. The quantitative estimate of drug-likeness (QED) is 0.416. The van der Waals surface area contributed by atoms with Crippen molar-refractivity contribution in [2.24, 2.45) is 7.05 Å². The van der Waals surface area contributed by atoms with Crippen LogP contribution in [0.4, 0.5) is 0 Å². The first-order chi connectivity index (χ1) is 17.8. The van der Waals surface area contributed by atoms with Gasteiger partial charge in [-0.15, -0.1) is 0 Å². The monoisotopic (exact) mass is 565 g/mol. The Morgan fingerprint density at radius 2 is 1.97 bits per heavy atom. The van der Waals surface area contributed by atoms with Crippen LogP contribution in [-0.4, -0.2) is 90.7 Å². The van der Waals surface area contributed by atoms with E-state index in [1.165, 1.54) is 0 Å². The minimum atomic E-state index is -1.02. The van der Waals surface area contributed by atoms with Crippen molar-refractivity contribution in [3.63, 3.8) is 0 Å². The van der Waals surface area contributed by atoms with Crippen molar-refractivity contribution in [1.29, 1.82) is 0 Å². The molecular weight excluding hydrogens is 535 g/mol. The van der Waals surface area contributed by atoms with Crippen molar-refractivity contribution in [1.82, 2.24) is 30.0 Å². The molecule has 0 spiro atoms. The molecule has 1 amide bonds. The number of aromatic carboxylic acids is 1. The van der Waals surface area contributed by atoms with Gasteiger partial charge in [0.1, 0.15) is 0 Å². The van der Waals surface area contributed by atoms with Crippen LogP contribution in [0.15, 0.2) is 24.4 Å². The number of nitrogens with zero attached hydrogens (tertiary/aromatic N) is 5. The molecule has 1 aromatic carbocycles. The summed E-state index contributed by atoms with van der Waals surface area (Å²) in [5, 5.41) is 17.0. The van der Waals surface area contributed by atoms with Crippen LogP contribution >= 0.6 is 0 Å². The summed E-state index contributed by atoms with van der Waals surface area (Å²) in [6.07, 6.45) is 5.99. The molecule has 193 valence electrons. The Morgan fingerprint density at radius 1 is 1.19 bits per heavy atom. The van der Waals surface area contributed by atoms with E-state index in [2.05, 4.69) is 27.3 Å². The number of piperidine rings is 1. The Kier molecular flexibility index (Phi) is 7.31. The number of nitrogens with one attached hydrogen (secondary N) is 1. The number of aromatic nitrogens is 4. The first-order valence-corrected chi connectivity index (χ1v) is 14.3. The van der Waals surface area contributed by atoms with Gasteiger partial charge in [-0.1, -0.05) is 0 Å². The molecule has 10 nitrogen and oxygen atoms in total. The third kappa shape index (κ3) is 5.26. The molecule has 1 fully saturated rings. The fourth-order valence-corrected chi connectivity index (χ4v) is 6.89. The Balaban J connectivity index is 1.39. The van der Waals surface area contributed by atoms with E-state index in [1.807, 2.05) is 18.3 Å². The van der Waals surface area contributed by atoms with E-state index in [-0.39, 0.29) is 17.6 Å². The van der Waals surface area contributed by atoms with E-state index in [9.17, 15) is 14.7 Å². The number of amides is 1. The van der Waals surface area contributed by atoms with Gasteiger partial charge in [-0.25, -0.2) is 0 Å². The predicted octanol–water partition coefficient (Wildman–Crippen LogP) is 0.552. The van der Waals surface area contributed by atoms with Crippen LogP contribution in [0.2, 0.25) is 0 Å². The van der Waals surface area contributed by atoms with Gasteiger partial charge in [0.25, 0.3) is 0 Å². The summed E-state index contributed by atoms with van der Waals surface area (Å²) >= 11 is -0.636. The second-order valence-corrected chi connectivity index (χ2v) is 11.9. The number of aryl methyl sites for hydroxylation is 2. The number of fused-ring (bicyclic) bond motifs is 3. The second-order valence-electron chi connectivity index (χ2n) is 9.55. The van der Waals surface area contributed by atoms with Gasteiger partial charge in [-0.3, -0.25) is 0 Å². The van der Waals surface area contributed by atoms with Gasteiger partial charge in [-0.2, -0.15) is 0 Å². The van der Waals surface area contributed by atoms with E-state index in [4.69, 9.17) is 9.72 Å². The van der Waals surface area contributed by atoms with Gasteiger partial charge in [0.15, 0.2) is 0 Å². The number of carbonyl (C=O) groups excluding carboxylic acids is 1. The van der Waals surface area contributed by atoms with E-state index in [1.54, 1.807) is 24.9 Å². The Hall–Kier alpha value is -3.23. The Labute approximate surface area is 222 Å². The molecule has 0 bridgehead atoms. The first kappa shape index (κ1) is 25.4. The number of hydrogen-bond donors (Lipinski definition) is 2. The molecule has 3 heterocycles. The summed E-state index contributed by atoms with van der Waals surface area (Å²) in [5.41, 5.74) is 3.90. The van der Waals surface area contributed by atoms with Crippen LogP contribution in [0.5, 0.6) is 5.75 Å². The molecule has 1 saturated heterocycles. The molecule has 1 aliphatic heterocycles. The molecule has 2 aliphatic rings. The van der Waals surface area contributed by atoms with Crippen LogP contribution in [0, 0.1) is 0 Å². The van der Waals surface area contributed by atoms with Gasteiger partial charge < -0.3 is 0 Å². The molecule has 37 heavy (non-hydrogen) atoms. The molecule has 1 aliphatic carbocycles. The van der Waals surface area contributed by atoms with Crippen LogP contribution in [0.3, 0.4) is 0 Å². The van der Waals surface area contributed by atoms with Gasteiger partial charge in [0.05, 0.1) is 0 Å². The van der Waals surface area contributed by atoms with E-state index in [0.717, 1.165) is 65.6 Å². The van der Waals surface area contributed by atoms with Gasteiger partial charge >= 0.3 is 222 Å². The molecule has 1 radical (unpaired) electrons. The summed E-state index contributed by atoms with van der Waals surface area (Å²) in [6, 6.07) is 5.73. The Morgan fingerprint density at radius 3 is 2.70 bits per heavy atom. The second kappa shape index (κ2) is 10.6. The fourth-order valence-electron chi connectivity index (χ4n) is 5.01. The molecule has 0 atom stereocenters. The maximum absolute atomic E-state index is 12.9. The zero-order chi connectivity index (χ0) is 26.1. The van der Waals surface area contributed by atoms with Gasteiger partial charge in [0.2, 0.25) is 0 Å². The van der Waals surface area contributed by atoms with Crippen molar-refractivity contribution >= 4 is 36.6 Å². The van der Waals surface area contributed by atoms with Crippen LogP contribution < -0.4 is 19.0 Å². The summed E-state index contributed by atoms with van der Waals surface area (Å²) in [7, 11) is 5.46. The zero-order valence-corrected chi connectivity index (χ0v) is 23.1. The van der Waals surface area contributed by atoms with Crippen molar-refractivity contribution in [2.45, 2.75) is 38.1 Å². The molecular formula is C26H30AsN6O4. The van der Waals surface area contributed by atoms with Gasteiger partial charge in [0, 0.05) is 0 Å². The van der Waals surface area contributed by atoms with E-state index < -0.39 is 21.7 Å². The first-order valence-electron chi connectivity index (χ1n) is 12.4. The van der Waals surface area contributed by atoms with Crippen molar-refractivity contribution in [3.8, 4) is 17.1 Å². The molecule has 2 N–H and O–H groups in total. The van der Waals surface area contributed by atoms with E-state index in [0.29, 0.717) is 22.3 Å². The van der Waals surface area contributed by atoms with Crippen molar-refractivity contribution < 1.29 is 19.4 Å². The number of benzene rings is 1. The number of hydrogen-bond acceptors (Lipinski definition) is 7. The SMILES string of the molecule is COc1cc(C(=O)NC2CCN(C)CC2)ccc1[As]c1ncc2c(n1)-c1c(c(C(=O)O)nn1C)CCC2. The third-order valence-electron chi connectivity index (χ3n) is 7.01. The topological polar surface area (TPSA) is 122 Å². The number of rotatable bonds is 6. The van der Waals surface area contributed by atoms with Crippen molar-refractivity contribution in [2.75, 3.05) is 27.2 Å². The van der Waals surface area contributed by atoms with Crippen LogP contribution in [0.25, 0.3) is 11.4 Å².